The molecule has 0 aromatic carbocycles. The third kappa shape index (κ3) is 8.73. The topological polar surface area (TPSA) is 29.1 Å². The molecule has 2 nitrogen and oxygen atoms in total. The van der Waals surface area contributed by atoms with Crippen molar-refractivity contribution in [3.8, 4) is 0 Å². The van der Waals surface area contributed by atoms with Crippen molar-refractivity contribution in [2.75, 3.05) is 6.54 Å². The molecule has 2 atom stereocenters. The number of hydrogen-bond acceptors (Lipinski definition) is 2. The summed E-state index contributed by atoms with van der Waals surface area (Å²) in [4.78, 5) is 12.6. The smallest absolute Gasteiger partial charge is 0.136 e. The Morgan fingerprint density at radius 1 is 1.10 bits per heavy atom. The molecular formula is C18H37NO. The molecular weight excluding hydrogens is 246 g/mol. The zero-order valence-electron chi connectivity index (χ0n) is 15.1. The summed E-state index contributed by atoms with van der Waals surface area (Å²) in [6.07, 6.45) is 3.79. The van der Waals surface area contributed by atoms with E-state index < -0.39 is 0 Å². The molecule has 0 fully saturated rings. The Bertz CT molecular complexity index is 283. The van der Waals surface area contributed by atoms with Gasteiger partial charge in [0.2, 0.25) is 0 Å². The van der Waals surface area contributed by atoms with Crippen LogP contribution in [0.2, 0.25) is 0 Å². The van der Waals surface area contributed by atoms with E-state index in [4.69, 9.17) is 0 Å². The van der Waals surface area contributed by atoms with E-state index >= 15 is 0 Å². The Kier molecular flexibility index (Phi) is 8.01. The molecule has 0 bridgehead atoms. The van der Waals surface area contributed by atoms with Crippen LogP contribution in [0, 0.1) is 16.7 Å². The van der Waals surface area contributed by atoms with Crippen LogP contribution in [-0.2, 0) is 4.79 Å². The average molecular weight is 284 g/mol. The van der Waals surface area contributed by atoms with Gasteiger partial charge >= 0.3 is 0 Å². The van der Waals surface area contributed by atoms with Gasteiger partial charge in [0.15, 0.2) is 0 Å². The summed E-state index contributed by atoms with van der Waals surface area (Å²) in [5, 5.41) is 3.46. The van der Waals surface area contributed by atoms with Crippen LogP contribution in [0.4, 0.5) is 0 Å². The number of nitrogens with one attached hydrogen (secondary N) is 1. The predicted molar refractivity (Wildman–Crippen MR) is 89.0 cm³/mol. The van der Waals surface area contributed by atoms with Gasteiger partial charge in [0, 0.05) is 18.4 Å². The van der Waals surface area contributed by atoms with E-state index in [2.05, 4.69) is 60.7 Å². The highest BCUT2D eigenvalue weighted by Crippen LogP contribution is 2.37. The monoisotopic (exact) mass is 283 g/mol. The Labute approximate surface area is 127 Å². The van der Waals surface area contributed by atoms with E-state index in [-0.39, 0.29) is 16.7 Å². The normalized spacial score (nSPS) is 16.0. The minimum absolute atomic E-state index is 0.0640. The molecule has 0 saturated carbocycles. The molecule has 0 rings (SSSR count). The third-order valence-electron chi connectivity index (χ3n) is 3.96. The summed E-state index contributed by atoms with van der Waals surface area (Å²) in [6, 6.07) is 0.554. The van der Waals surface area contributed by atoms with Crippen LogP contribution in [0.1, 0.15) is 81.1 Å². The van der Waals surface area contributed by atoms with E-state index in [9.17, 15) is 4.79 Å². The van der Waals surface area contributed by atoms with Crippen LogP contribution in [0.5, 0.6) is 0 Å². The highest BCUT2D eigenvalue weighted by molar-refractivity contribution is 5.81. The molecule has 0 aliphatic rings. The van der Waals surface area contributed by atoms with Gasteiger partial charge in [-0.05, 0) is 43.6 Å². The summed E-state index contributed by atoms with van der Waals surface area (Å²) in [5.74, 6) is 0.615. The maximum Gasteiger partial charge on any atom is 0.136 e. The van der Waals surface area contributed by atoms with Crippen molar-refractivity contribution >= 4 is 5.78 Å². The number of Topliss-reactive ketones (excluding diaryl/α,β-unsaturated/α-hetero) is 1. The SMILES string of the molecule is CCC(C)NCCCC(=O)C(CC(C)(C)C)C(C)(C)C. The fourth-order valence-corrected chi connectivity index (χ4v) is 2.45. The van der Waals surface area contributed by atoms with Crippen molar-refractivity contribution in [3.05, 3.63) is 0 Å². The summed E-state index contributed by atoms with van der Waals surface area (Å²) < 4.78 is 0. The van der Waals surface area contributed by atoms with Gasteiger partial charge in [0.05, 0.1) is 0 Å². The fraction of sp³-hybridized carbons (Fsp3) is 0.944. The number of rotatable bonds is 8. The molecule has 0 saturated heterocycles. The lowest BCUT2D eigenvalue weighted by Gasteiger charge is -2.34. The zero-order chi connectivity index (χ0) is 16.0. The van der Waals surface area contributed by atoms with E-state index in [1.807, 2.05) is 0 Å². The van der Waals surface area contributed by atoms with Gasteiger partial charge < -0.3 is 5.32 Å². The van der Waals surface area contributed by atoms with E-state index in [1.54, 1.807) is 0 Å². The Balaban J connectivity index is 4.36. The molecule has 0 spiro atoms. The van der Waals surface area contributed by atoms with Gasteiger partial charge in [-0.2, -0.15) is 0 Å². The van der Waals surface area contributed by atoms with Crippen molar-refractivity contribution in [2.45, 2.75) is 87.1 Å². The van der Waals surface area contributed by atoms with Crippen LogP contribution >= 0.6 is 0 Å². The summed E-state index contributed by atoms with van der Waals surface area (Å²) in [6.45, 7) is 18.6. The van der Waals surface area contributed by atoms with E-state index in [0.717, 1.165) is 25.8 Å². The molecule has 0 radical (unpaired) electrons. The first-order valence-electron chi connectivity index (χ1n) is 8.23. The summed E-state index contributed by atoms with van der Waals surface area (Å²) in [7, 11) is 0. The molecule has 1 N–H and O–H groups in total. The average Bonchev–Trinajstić information content (AvgIpc) is 2.28. The maximum absolute atomic E-state index is 12.6. The van der Waals surface area contributed by atoms with Crippen LogP contribution in [0.3, 0.4) is 0 Å². The van der Waals surface area contributed by atoms with Gasteiger partial charge in [-0.3, -0.25) is 4.79 Å². The van der Waals surface area contributed by atoms with Gasteiger partial charge in [-0.1, -0.05) is 48.5 Å². The standard InChI is InChI=1S/C18H37NO/c1-9-14(2)19-12-10-11-16(20)15(18(6,7)8)13-17(3,4)5/h14-15,19H,9-13H2,1-8H3. The number of hydrogen-bond donors (Lipinski definition) is 1. The van der Waals surface area contributed by atoms with Crippen molar-refractivity contribution in [1.29, 1.82) is 0 Å². The first-order chi connectivity index (χ1) is 8.97. The second-order valence-corrected chi connectivity index (χ2v) is 8.52. The Morgan fingerprint density at radius 2 is 1.65 bits per heavy atom. The quantitative estimate of drug-likeness (QED) is 0.647. The highest BCUT2D eigenvalue weighted by Gasteiger charge is 2.33. The summed E-state index contributed by atoms with van der Waals surface area (Å²) >= 11 is 0. The molecule has 0 amide bonds. The molecule has 20 heavy (non-hydrogen) atoms. The van der Waals surface area contributed by atoms with Crippen molar-refractivity contribution in [1.82, 2.24) is 5.32 Å². The Hall–Kier alpha value is -0.370. The van der Waals surface area contributed by atoms with Crippen LogP contribution in [-0.4, -0.2) is 18.4 Å². The van der Waals surface area contributed by atoms with Crippen molar-refractivity contribution in [2.24, 2.45) is 16.7 Å². The van der Waals surface area contributed by atoms with Crippen LogP contribution in [0.15, 0.2) is 0 Å². The summed E-state index contributed by atoms with van der Waals surface area (Å²) in [5.41, 5.74) is 0.275. The van der Waals surface area contributed by atoms with Crippen LogP contribution < -0.4 is 5.32 Å². The fourth-order valence-electron chi connectivity index (χ4n) is 2.45. The molecule has 0 aliphatic heterocycles. The van der Waals surface area contributed by atoms with Crippen molar-refractivity contribution in [3.63, 3.8) is 0 Å². The molecule has 2 heteroatoms. The number of carbonyl (C=O) groups is 1. The maximum atomic E-state index is 12.6. The Morgan fingerprint density at radius 3 is 2.05 bits per heavy atom. The van der Waals surface area contributed by atoms with E-state index in [0.29, 0.717) is 18.2 Å². The second kappa shape index (κ2) is 8.17. The first kappa shape index (κ1) is 19.6. The van der Waals surface area contributed by atoms with Gasteiger partial charge in [-0.15, -0.1) is 0 Å². The first-order valence-corrected chi connectivity index (χ1v) is 8.23. The second-order valence-electron chi connectivity index (χ2n) is 8.52. The molecule has 0 aliphatic carbocycles. The lowest BCUT2D eigenvalue weighted by Crippen LogP contribution is -2.33. The lowest BCUT2D eigenvalue weighted by molar-refractivity contribution is -0.127. The third-order valence-corrected chi connectivity index (χ3v) is 3.96. The minimum Gasteiger partial charge on any atom is -0.314 e. The minimum atomic E-state index is 0.0640. The molecule has 0 aromatic heterocycles. The zero-order valence-corrected chi connectivity index (χ0v) is 15.1. The number of carbonyl (C=O) groups excluding carboxylic acids is 1. The molecule has 120 valence electrons. The van der Waals surface area contributed by atoms with Crippen molar-refractivity contribution < 1.29 is 4.79 Å². The highest BCUT2D eigenvalue weighted by atomic mass is 16.1. The molecule has 0 aromatic rings. The van der Waals surface area contributed by atoms with E-state index in [1.165, 1.54) is 0 Å². The van der Waals surface area contributed by atoms with Gasteiger partial charge in [0.25, 0.3) is 0 Å². The lowest BCUT2D eigenvalue weighted by atomic mass is 9.69. The van der Waals surface area contributed by atoms with Crippen LogP contribution in [0.25, 0.3) is 0 Å². The van der Waals surface area contributed by atoms with Gasteiger partial charge in [-0.25, -0.2) is 0 Å². The molecule has 2 unspecified atom stereocenters. The largest absolute Gasteiger partial charge is 0.314 e. The van der Waals surface area contributed by atoms with Gasteiger partial charge in [0.1, 0.15) is 5.78 Å². The molecule has 0 heterocycles. The predicted octanol–water partition coefficient (Wildman–Crippen LogP) is 4.82. The number of ketones is 1.